The summed E-state index contributed by atoms with van der Waals surface area (Å²) in [7, 11) is 1.65. The van der Waals surface area contributed by atoms with E-state index in [1.54, 1.807) is 13.3 Å². The van der Waals surface area contributed by atoms with Crippen molar-refractivity contribution in [3.05, 3.63) is 77.0 Å². The molecule has 1 saturated carbocycles. The van der Waals surface area contributed by atoms with E-state index in [1.165, 1.54) is 22.3 Å². The Labute approximate surface area is 251 Å². The summed E-state index contributed by atoms with van der Waals surface area (Å²) >= 11 is 0. The third-order valence-electron chi connectivity index (χ3n) is 9.06. The molecule has 1 aromatic heterocycles. The molecule has 6 heteroatoms. The molecular formula is C36H46N2O4. The van der Waals surface area contributed by atoms with Crippen molar-refractivity contribution in [2.75, 3.05) is 7.11 Å². The molecule has 1 aliphatic carbocycles. The molecule has 3 atom stereocenters. The minimum atomic E-state index is -0.728. The fraction of sp³-hybridized carbons (Fsp3) is 0.500. The van der Waals surface area contributed by atoms with Gasteiger partial charge < -0.3 is 14.6 Å². The molecule has 1 N–H and O–H groups in total. The van der Waals surface area contributed by atoms with Crippen LogP contribution in [0.1, 0.15) is 95.1 Å². The number of aliphatic carboxylic acids is 1. The number of aromatic nitrogens is 1. The van der Waals surface area contributed by atoms with Gasteiger partial charge in [0.15, 0.2) is 0 Å². The highest BCUT2D eigenvalue weighted by Crippen LogP contribution is 2.48. The topological polar surface area (TPSA) is 71.9 Å². The zero-order valence-electron chi connectivity index (χ0n) is 26.2. The standard InChI is InChI=1S/C36H46N2O4/c1-22(2)38(36(4,5)6)21-29-18-27(12-14-30(29)26-16-17-37-33(20-26)41-7)31-15-13-24-8-11-28(19-32(24)42-31)34(25-9-10-25)23(3)35(39)40/h8,11-12,14,16-20,22-23,25,31,34H,9-10,13,15,21H2,1-7H3,(H,39,40)/t23-,31-,34-/m0/s1. The van der Waals surface area contributed by atoms with Gasteiger partial charge in [-0.05, 0) is 118 Å². The van der Waals surface area contributed by atoms with Crippen LogP contribution in [0.15, 0.2) is 54.7 Å². The van der Waals surface area contributed by atoms with E-state index >= 15 is 0 Å². The molecule has 6 nitrogen and oxygen atoms in total. The van der Waals surface area contributed by atoms with Crippen LogP contribution in [-0.2, 0) is 17.8 Å². The van der Waals surface area contributed by atoms with Gasteiger partial charge in [-0.15, -0.1) is 0 Å². The molecule has 0 bridgehead atoms. The second kappa shape index (κ2) is 12.1. The third kappa shape index (κ3) is 6.49. The normalized spacial score (nSPS) is 18.4. The van der Waals surface area contributed by atoms with Gasteiger partial charge in [0.1, 0.15) is 11.9 Å². The number of benzene rings is 2. The molecule has 1 fully saturated rings. The predicted octanol–water partition coefficient (Wildman–Crippen LogP) is 8.05. The van der Waals surface area contributed by atoms with E-state index in [9.17, 15) is 9.90 Å². The molecule has 0 saturated heterocycles. The predicted molar refractivity (Wildman–Crippen MR) is 167 cm³/mol. The Balaban J connectivity index is 1.49. The summed E-state index contributed by atoms with van der Waals surface area (Å²) in [6, 6.07) is 17.6. The Morgan fingerprint density at radius 2 is 1.83 bits per heavy atom. The third-order valence-corrected chi connectivity index (χ3v) is 9.06. The summed E-state index contributed by atoms with van der Waals surface area (Å²) in [5.41, 5.74) is 6.96. The van der Waals surface area contributed by atoms with Crippen LogP contribution >= 0.6 is 0 Å². The lowest BCUT2D eigenvalue weighted by Crippen LogP contribution is -2.45. The average molecular weight is 571 g/mol. The molecule has 2 aliphatic rings. The van der Waals surface area contributed by atoms with Crippen molar-refractivity contribution >= 4 is 5.97 Å². The van der Waals surface area contributed by atoms with Gasteiger partial charge in [0.25, 0.3) is 0 Å². The van der Waals surface area contributed by atoms with Gasteiger partial charge in [-0.3, -0.25) is 9.69 Å². The smallest absolute Gasteiger partial charge is 0.306 e. The van der Waals surface area contributed by atoms with Crippen LogP contribution < -0.4 is 9.47 Å². The Morgan fingerprint density at radius 1 is 1.07 bits per heavy atom. The van der Waals surface area contributed by atoms with E-state index in [1.807, 2.05) is 19.1 Å². The zero-order valence-corrected chi connectivity index (χ0v) is 26.2. The van der Waals surface area contributed by atoms with Crippen LogP contribution in [0.25, 0.3) is 11.1 Å². The first kappa shape index (κ1) is 30.1. The van der Waals surface area contributed by atoms with Crippen molar-refractivity contribution in [1.82, 2.24) is 9.88 Å². The van der Waals surface area contributed by atoms with Gasteiger partial charge in [0.05, 0.1) is 13.0 Å². The summed E-state index contributed by atoms with van der Waals surface area (Å²) < 4.78 is 12.2. The number of carbonyl (C=O) groups is 1. The van der Waals surface area contributed by atoms with Crippen LogP contribution in [-0.4, -0.2) is 39.7 Å². The van der Waals surface area contributed by atoms with E-state index in [0.29, 0.717) is 17.8 Å². The van der Waals surface area contributed by atoms with Crippen molar-refractivity contribution in [2.45, 2.75) is 97.4 Å². The molecule has 2 aromatic carbocycles. The molecule has 0 spiro atoms. The number of aryl methyl sites for hydroxylation is 1. The lowest BCUT2D eigenvalue weighted by molar-refractivity contribution is -0.142. The van der Waals surface area contributed by atoms with Gasteiger partial charge in [-0.25, -0.2) is 4.98 Å². The molecule has 224 valence electrons. The lowest BCUT2D eigenvalue weighted by atomic mass is 9.82. The molecule has 0 amide bonds. The maximum absolute atomic E-state index is 11.9. The highest BCUT2D eigenvalue weighted by Gasteiger charge is 2.39. The summed E-state index contributed by atoms with van der Waals surface area (Å²) in [6.07, 6.45) is 5.77. The number of methoxy groups -OCH3 is 1. The highest BCUT2D eigenvalue weighted by molar-refractivity contribution is 5.71. The van der Waals surface area contributed by atoms with Crippen LogP contribution in [0.3, 0.4) is 0 Å². The summed E-state index contributed by atoms with van der Waals surface area (Å²) in [5.74, 6) is 0.831. The number of rotatable bonds is 10. The molecule has 1 aliphatic heterocycles. The van der Waals surface area contributed by atoms with Crippen molar-refractivity contribution in [3.63, 3.8) is 0 Å². The van der Waals surface area contributed by atoms with Gasteiger partial charge in [0.2, 0.25) is 5.88 Å². The first-order valence-electron chi connectivity index (χ1n) is 15.4. The monoisotopic (exact) mass is 570 g/mol. The number of carboxylic acids is 1. The molecule has 42 heavy (non-hydrogen) atoms. The van der Waals surface area contributed by atoms with E-state index in [2.05, 4.69) is 80.9 Å². The second-order valence-electron chi connectivity index (χ2n) is 13.4. The molecular weight excluding hydrogens is 524 g/mol. The van der Waals surface area contributed by atoms with Gasteiger partial charge in [0, 0.05) is 30.4 Å². The summed E-state index contributed by atoms with van der Waals surface area (Å²) in [4.78, 5) is 18.8. The Morgan fingerprint density at radius 3 is 2.48 bits per heavy atom. The Kier molecular flexibility index (Phi) is 8.66. The summed E-state index contributed by atoms with van der Waals surface area (Å²) in [6.45, 7) is 14.0. The highest BCUT2D eigenvalue weighted by atomic mass is 16.5. The van der Waals surface area contributed by atoms with Crippen molar-refractivity contribution in [1.29, 1.82) is 0 Å². The molecule has 0 unspecified atom stereocenters. The molecule has 3 aromatic rings. The number of hydrogen-bond acceptors (Lipinski definition) is 5. The maximum atomic E-state index is 11.9. The largest absolute Gasteiger partial charge is 0.485 e. The first-order chi connectivity index (χ1) is 20.0. The number of hydrogen-bond donors (Lipinski definition) is 1. The van der Waals surface area contributed by atoms with Crippen molar-refractivity contribution in [2.24, 2.45) is 11.8 Å². The number of ether oxygens (including phenoxy) is 2. The Bertz CT molecular complexity index is 1420. The number of pyridine rings is 1. The number of carboxylic acid groups (broad SMARTS) is 1. The van der Waals surface area contributed by atoms with Crippen molar-refractivity contribution in [3.8, 4) is 22.8 Å². The van der Waals surface area contributed by atoms with Crippen LogP contribution in [0.4, 0.5) is 0 Å². The molecule has 5 rings (SSSR count). The average Bonchev–Trinajstić information content (AvgIpc) is 3.80. The van der Waals surface area contributed by atoms with Gasteiger partial charge in [-0.1, -0.05) is 37.3 Å². The van der Waals surface area contributed by atoms with Gasteiger partial charge >= 0.3 is 5.97 Å². The Hall–Kier alpha value is -3.38. The fourth-order valence-corrected chi connectivity index (χ4v) is 6.70. The fourth-order valence-electron chi connectivity index (χ4n) is 6.70. The SMILES string of the molecule is COc1cc(-c2ccc([C@@H]3CCc4ccc([C@H](C5CC5)[C@H](C)C(=O)O)cc4O3)cc2CN(C(C)C)C(C)(C)C)ccn1. The molecule has 0 radical (unpaired) electrons. The lowest BCUT2D eigenvalue weighted by Gasteiger charge is -2.39. The quantitative estimate of drug-likeness (QED) is 0.266. The molecule has 2 heterocycles. The van der Waals surface area contributed by atoms with Crippen LogP contribution in [0.5, 0.6) is 11.6 Å². The maximum Gasteiger partial charge on any atom is 0.306 e. The zero-order chi connectivity index (χ0) is 30.2. The second-order valence-corrected chi connectivity index (χ2v) is 13.4. The van der Waals surface area contributed by atoms with Gasteiger partial charge in [-0.2, -0.15) is 0 Å². The minimum absolute atomic E-state index is 0.000753. The van der Waals surface area contributed by atoms with E-state index in [4.69, 9.17) is 9.47 Å². The van der Waals surface area contributed by atoms with E-state index in [-0.39, 0.29) is 17.6 Å². The number of fused-ring (bicyclic) bond motifs is 1. The summed E-state index contributed by atoms with van der Waals surface area (Å²) in [5, 5.41) is 9.78. The first-order valence-corrected chi connectivity index (χ1v) is 15.4. The van der Waals surface area contributed by atoms with Crippen LogP contribution in [0, 0.1) is 11.8 Å². The minimum Gasteiger partial charge on any atom is -0.485 e. The van der Waals surface area contributed by atoms with Crippen molar-refractivity contribution < 1.29 is 19.4 Å². The number of nitrogens with zero attached hydrogens (tertiary/aromatic N) is 2. The van der Waals surface area contributed by atoms with Crippen LogP contribution in [0.2, 0.25) is 0 Å². The van der Waals surface area contributed by atoms with E-state index < -0.39 is 11.9 Å². The van der Waals surface area contributed by atoms with E-state index in [0.717, 1.165) is 49.1 Å².